The van der Waals surface area contributed by atoms with Crippen molar-refractivity contribution in [2.75, 3.05) is 13.7 Å². The van der Waals surface area contributed by atoms with E-state index in [1.54, 1.807) is 7.11 Å². The van der Waals surface area contributed by atoms with Gasteiger partial charge in [-0.3, -0.25) is 5.10 Å². The molecule has 116 valence electrons. The van der Waals surface area contributed by atoms with Gasteiger partial charge in [0, 0.05) is 17.8 Å². The van der Waals surface area contributed by atoms with Gasteiger partial charge in [-0.2, -0.15) is 5.10 Å². The first-order chi connectivity index (χ1) is 9.61. The molecule has 5 heteroatoms. The number of hydrogen-bond acceptors (Lipinski definition) is 3. The van der Waals surface area contributed by atoms with E-state index >= 15 is 0 Å². The highest BCUT2D eigenvalue weighted by Crippen LogP contribution is 2.19. The zero-order valence-electron chi connectivity index (χ0n) is 13.1. The molecule has 21 heavy (non-hydrogen) atoms. The Morgan fingerprint density at radius 2 is 2.00 bits per heavy atom. The van der Waals surface area contributed by atoms with Crippen LogP contribution < -0.4 is 10.1 Å². The van der Waals surface area contributed by atoms with Crippen molar-refractivity contribution in [1.29, 1.82) is 0 Å². The summed E-state index contributed by atoms with van der Waals surface area (Å²) < 4.78 is 5.40. The van der Waals surface area contributed by atoms with Gasteiger partial charge in [-0.05, 0) is 45.4 Å². The van der Waals surface area contributed by atoms with Crippen molar-refractivity contribution in [3.05, 3.63) is 46.3 Å². The van der Waals surface area contributed by atoms with Crippen LogP contribution in [0.4, 0.5) is 0 Å². The fraction of sp³-hybridized carbons (Fsp3) is 0.438. The monoisotopic (exact) mass is 309 g/mol. The number of ether oxygens (including phenoxy) is 1. The molecule has 0 saturated heterocycles. The topological polar surface area (TPSA) is 49.9 Å². The number of rotatable bonds is 6. The Morgan fingerprint density at radius 1 is 1.24 bits per heavy atom. The minimum absolute atomic E-state index is 0. The van der Waals surface area contributed by atoms with Crippen LogP contribution in [-0.4, -0.2) is 23.9 Å². The van der Waals surface area contributed by atoms with E-state index in [4.69, 9.17) is 4.74 Å². The van der Waals surface area contributed by atoms with E-state index in [0.29, 0.717) is 0 Å². The van der Waals surface area contributed by atoms with Gasteiger partial charge >= 0.3 is 0 Å². The van der Waals surface area contributed by atoms with Crippen molar-refractivity contribution in [3.8, 4) is 5.75 Å². The summed E-state index contributed by atoms with van der Waals surface area (Å²) in [7, 11) is 1.72. The fourth-order valence-electron chi connectivity index (χ4n) is 2.37. The van der Waals surface area contributed by atoms with E-state index in [9.17, 15) is 0 Å². The highest BCUT2D eigenvalue weighted by molar-refractivity contribution is 5.85. The largest absolute Gasteiger partial charge is 0.496 e. The van der Waals surface area contributed by atoms with Crippen molar-refractivity contribution in [3.63, 3.8) is 0 Å². The van der Waals surface area contributed by atoms with Crippen molar-refractivity contribution >= 4 is 12.4 Å². The number of aromatic nitrogens is 2. The Labute approximate surface area is 132 Å². The van der Waals surface area contributed by atoms with Crippen LogP contribution in [-0.2, 0) is 13.0 Å². The summed E-state index contributed by atoms with van der Waals surface area (Å²) in [6.45, 7) is 7.96. The van der Waals surface area contributed by atoms with Gasteiger partial charge in [-0.25, -0.2) is 0 Å². The molecule has 2 aromatic rings. The van der Waals surface area contributed by atoms with Crippen LogP contribution in [0.3, 0.4) is 0 Å². The second kappa shape index (κ2) is 8.05. The first-order valence-corrected chi connectivity index (χ1v) is 6.96. The van der Waals surface area contributed by atoms with Gasteiger partial charge < -0.3 is 10.1 Å². The van der Waals surface area contributed by atoms with Crippen molar-refractivity contribution in [1.82, 2.24) is 15.5 Å². The van der Waals surface area contributed by atoms with Gasteiger partial charge in [-0.1, -0.05) is 17.7 Å². The van der Waals surface area contributed by atoms with Gasteiger partial charge in [0.15, 0.2) is 0 Å². The number of aromatic amines is 1. The maximum atomic E-state index is 5.40. The third kappa shape index (κ3) is 4.48. The van der Waals surface area contributed by atoms with Crippen LogP contribution in [0.5, 0.6) is 5.75 Å². The zero-order chi connectivity index (χ0) is 14.5. The molecule has 0 fully saturated rings. The van der Waals surface area contributed by atoms with E-state index < -0.39 is 0 Å². The molecule has 0 unspecified atom stereocenters. The lowest BCUT2D eigenvalue weighted by Gasteiger charge is -2.10. The minimum Gasteiger partial charge on any atom is -0.496 e. The van der Waals surface area contributed by atoms with Gasteiger partial charge in [0.05, 0.1) is 12.8 Å². The standard InChI is InChI=1S/C16H23N3O.ClH/c1-11-5-6-16(20-4)14(9-11)7-8-17-10-15-12(2)18-19-13(15)3;/h5-6,9,17H,7-8,10H2,1-4H3,(H,18,19);1H. The Bertz CT molecular complexity index is 561. The average molecular weight is 310 g/mol. The zero-order valence-corrected chi connectivity index (χ0v) is 13.9. The normalized spacial score (nSPS) is 10.3. The summed E-state index contributed by atoms with van der Waals surface area (Å²) in [4.78, 5) is 0. The molecule has 1 aromatic carbocycles. The molecule has 0 saturated carbocycles. The highest BCUT2D eigenvalue weighted by atomic mass is 35.5. The van der Waals surface area contributed by atoms with Crippen LogP contribution in [0.15, 0.2) is 18.2 Å². The fourth-order valence-corrected chi connectivity index (χ4v) is 2.37. The van der Waals surface area contributed by atoms with Gasteiger partial charge in [0.25, 0.3) is 0 Å². The SMILES string of the molecule is COc1ccc(C)cc1CCNCc1c(C)n[nH]c1C.Cl. The molecular weight excluding hydrogens is 286 g/mol. The number of benzene rings is 1. The Kier molecular flexibility index (Phi) is 6.72. The average Bonchev–Trinajstić information content (AvgIpc) is 2.75. The molecule has 1 heterocycles. The predicted molar refractivity (Wildman–Crippen MR) is 88.5 cm³/mol. The second-order valence-electron chi connectivity index (χ2n) is 5.15. The molecule has 0 spiro atoms. The van der Waals surface area contributed by atoms with E-state index in [-0.39, 0.29) is 12.4 Å². The Hall–Kier alpha value is -1.52. The third-order valence-electron chi connectivity index (χ3n) is 3.59. The van der Waals surface area contributed by atoms with Crippen LogP contribution >= 0.6 is 12.4 Å². The van der Waals surface area contributed by atoms with Gasteiger partial charge in [0.2, 0.25) is 0 Å². The number of methoxy groups -OCH3 is 1. The van der Waals surface area contributed by atoms with E-state index in [0.717, 1.165) is 36.6 Å². The summed E-state index contributed by atoms with van der Waals surface area (Å²) >= 11 is 0. The van der Waals surface area contributed by atoms with Crippen molar-refractivity contribution < 1.29 is 4.74 Å². The van der Waals surface area contributed by atoms with Crippen molar-refractivity contribution in [2.24, 2.45) is 0 Å². The molecule has 0 aliphatic carbocycles. The van der Waals surface area contributed by atoms with Crippen LogP contribution in [0.2, 0.25) is 0 Å². The van der Waals surface area contributed by atoms with Crippen LogP contribution in [0.25, 0.3) is 0 Å². The first kappa shape index (κ1) is 17.5. The molecule has 0 radical (unpaired) electrons. The van der Waals surface area contributed by atoms with Crippen LogP contribution in [0.1, 0.15) is 28.1 Å². The van der Waals surface area contributed by atoms with E-state index in [1.807, 2.05) is 13.0 Å². The summed E-state index contributed by atoms with van der Waals surface area (Å²) in [5.41, 5.74) is 6.00. The molecule has 2 N–H and O–H groups in total. The van der Waals surface area contributed by atoms with E-state index in [1.165, 1.54) is 16.7 Å². The minimum atomic E-state index is 0. The second-order valence-corrected chi connectivity index (χ2v) is 5.15. The Balaban J connectivity index is 0.00000220. The molecule has 0 amide bonds. The quantitative estimate of drug-likeness (QED) is 0.806. The van der Waals surface area contributed by atoms with Gasteiger partial charge in [0.1, 0.15) is 5.75 Å². The first-order valence-electron chi connectivity index (χ1n) is 6.96. The summed E-state index contributed by atoms with van der Waals surface area (Å²) in [6, 6.07) is 6.30. The Morgan fingerprint density at radius 3 is 2.62 bits per heavy atom. The number of nitrogens with one attached hydrogen (secondary N) is 2. The molecule has 2 rings (SSSR count). The summed E-state index contributed by atoms with van der Waals surface area (Å²) in [5.74, 6) is 0.966. The lowest BCUT2D eigenvalue weighted by molar-refractivity contribution is 0.409. The number of aryl methyl sites for hydroxylation is 3. The molecule has 1 aromatic heterocycles. The van der Waals surface area contributed by atoms with E-state index in [2.05, 4.69) is 41.5 Å². The maximum Gasteiger partial charge on any atom is 0.122 e. The van der Waals surface area contributed by atoms with Gasteiger partial charge in [-0.15, -0.1) is 12.4 Å². The summed E-state index contributed by atoms with van der Waals surface area (Å²) in [5, 5.41) is 10.7. The molecular formula is C16H24ClN3O. The summed E-state index contributed by atoms with van der Waals surface area (Å²) in [6.07, 6.45) is 0.959. The number of H-pyrrole nitrogens is 1. The lowest BCUT2D eigenvalue weighted by atomic mass is 10.1. The number of nitrogens with zero attached hydrogens (tertiary/aromatic N) is 1. The number of halogens is 1. The molecule has 0 bridgehead atoms. The highest BCUT2D eigenvalue weighted by Gasteiger charge is 2.06. The maximum absolute atomic E-state index is 5.40. The molecule has 4 nitrogen and oxygen atoms in total. The predicted octanol–water partition coefficient (Wildman–Crippen LogP) is 3.10. The smallest absolute Gasteiger partial charge is 0.122 e. The molecule has 0 aliphatic rings. The number of hydrogen-bond donors (Lipinski definition) is 2. The van der Waals surface area contributed by atoms with Crippen molar-refractivity contribution in [2.45, 2.75) is 33.7 Å². The molecule has 0 aliphatic heterocycles. The van der Waals surface area contributed by atoms with Crippen LogP contribution in [0, 0.1) is 20.8 Å². The third-order valence-corrected chi connectivity index (χ3v) is 3.59. The molecule has 0 atom stereocenters. The lowest BCUT2D eigenvalue weighted by Crippen LogP contribution is -2.17.